The maximum atomic E-state index is 11.5. The van der Waals surface area contributed by atoms with Gasteiger partial charge in [0.15, 0.2) is 0 Å². The number of ketones is 1. The van der Waals surface area contributed by atoms with E-state index >= 15 is 0 Å². The van der Waals surface area contributed by atoms with Crippen molar-refractivity contribution in [2.75, 3.05) is 0 Å². The molecule has 2 heteroatoms. The Morgan fingerprint density at radius 1 is 1.18 bits per heavy atom. The Morgan fingerprint density at radius 2 is 1.82 bits per heavy atom. The fourth-order valence-corrected chi connectivity index (χ4v) is 2.05. The van der Waals surface area contributed by atoms with Crippen molar-refractivity contribution in [2.24, 2.45) is 0 Å². The van der Waals surface area contributed by atoms with E-state index in [4.69, 9.17) is 0 Å². The highest BCUT2D eigenvalue weighted by Crippen LogP contribution is 2.24. The third-order valence-corrected chi connectivity index (χ3v) is 3.59. The van der Waals surface area contributed by atoms with E-state index in [1.165, 1.54) is 10.8 Å². The normalized spacial score (nSPS) is 14.5. The molecule has 0 heterocycles. The lowest BCUT2D eigenvalue weighted by Gasteiger charge is -2.20. The first-order valence-corrected chi connectivity index (χ1v) is 6.15. The highest BCUT2D eigenvalue weighted by Gasteiger charge is 2.25. The number of fused-ring (bicyclic) bond motifs is 1. The van der Waals surface area contributed by atoms with E-state index in [0.29, 0.717) is 6.42 Å². The predicted octanol–water partition coefficient (Wildman–Crippen LogP) is 3.66. The number of thiol groups is 1. The highest BCUT2D eigenvalue weighted by molar-refractivity contribution is 7.82. The molecule has 0 N–H and O–H groups in total. The van der Waals surface area contributed by atoms with Crippen LogP contribution in [0.5, 0.6) is 0 Å². The second-order valence-electron chi connectivity index (χ2n) is 4.69. The van der Waals surface area contributed by atoms with Crippen LogP contribution in [0.2, 0.25) is 0 Å². The number of Topliss-reactive ketones (excluding diaryl/α,β-unsaturated/α-hetero) is 1. The molecule has 2 aromatic carbocycles. The minimum Gasteiger partial charge on any atom is -0.298 e. The van der Waals surface area contributed by atoms with E-state index in [1.807, 2.05) is 19.1 Å². The van der Waals surface area contributed by atoms with Gasteiger partial charge in [0, 0.05) is 0 Å². The Balaban J connectivity index is 2.34. The van der Waals surface area contributed by atoms with Crippen molar-refractivity contribution < 1.29 is 4.79 Å². The van der Waals surface area contributed by atoms with Crippen LogP contribution in [-0.2, 0) is 11.2 Å². The van der Waals surface area contributed by atoms with Crippen molar-refractivity contribution in [3.63, 3.8) is 0 Å². The lowest BCUT2D eigenvalue weighted by molar-refractivity contribution is -0.118. The van der Waals surface area contributed by atoms with Gasteiger partial charge in [-0.15, -0.1) is 0 Å². The summed E-state index contributed by atoms with van der Waals surface area (Å²) in [5.74, 6) is 0.106. The summed E-state index contributed by atoms with van der Waals surface area (Å²) in [4.78, 5) is 11.5. The molecular formula is C15H16OS. The Kier molecular flexibility index (Phi) is 3.25. The maximum absolute atomic E-state index is 11.5. The van der Waals surface area contributed by atoms with Gasteiger partial charge >= 0.3 is 0 Å². The molecule has 0 aromatic heterocycles. The van der Waals surface area contributed by atoms with Crippen molar-refractivity contribution >= 4 is 29.2 Å². The van der Waals surface area contributed by atoms with Crippen LogP contribution in [0.1, 0.15) is 19.4 Å². The summed E-state index contributed by atoms with van der Waals surface area (Å²) < 4.78 is -0.581. The topological polar surface area (TPSA) is 17.1 Å². The lowest BCUT2D eigenvalue weighted by atomic mass is 9.95. The summed E-state index contributed by atoms with van der Waals surface area (Å²) in [7, 11) is 0. The van der Waals surface area contributed by atoms with Gasteiger partial charge in [0.2, 0.25) is 0 Å². The molecule has 0 aliphatic rings. The van der Waals surface area contributed by atoms with Gasteiger partial charge in [0.1, 0.15) is 5.78 Å². The van der Waals surface area contributed by atoms with Crippen LogP contribution in [0.4, 0.5) is 0 Å². The van der Waals surface area contributed by atoms with Crippen molar-refractivity contribution in [1.82, 2.24) is 0 Å². The second-order valence-corrected chi connectivity index (χ2v) is 5.68. The molecule has 0 saturated carbocycles. The molecule has 0 amide bonds. The van der Waals surface area contributed by atoms with Gasteiger partial charge in [0.25, 0.3) is 0 Å². The standard InChI is InChI=1S/C15H16OS/c1-11(16)15(2,17)10-12-7-8-13-5-3-4-6-14(13)9-12/h3-9,17H,10H2,1-2H3. The number of benzene rings is 2. The third-order valence-electron chi connectivity index (χ3n) is 3.12. The van der Waals surface area contributed by atoms with Gasteiger partial charge in [-0.1, -0.05) is 42.5 Å². The average Bonchev–Trinajstić information content (AvgIpc) is 2.28. The third kappa shape index (κ3) is 2.70. The van der Waals surface area contributed by atoms with Gasteiger partial charge in [-0.2, -0.15) is 12.6 Å². The van der Waals surface area contributed by atoms with Crippen LogP contribution in [0.15, 0.2) is 42.5 Å². The number of carbonyl (C=O) groups is 1. The highest BCUT2D eigenvalue weighted by atomic mass is 32.1. The van der Waals surface area contributed by atoms with Crippen LogP contribution < -0.4 is 0 Å². The molecule has 0 bridgehead atoms. The van der Waals surface area contributed by atoms with Crippen LogP contribution in [0.3, 0.4) is 0 Å². The fourth-order valence-electron chi connectivity index (χ4n) is 1.87. The molecule has 1 unspecified atom stereocenters. The second kappa shape index (κ2) is 4.53. The average molecular weight is 244 g/mol. The zero-order valence-corrected chi connectivity index (χ0v) is 11.0. The summed E-state index contributed by atoms with van der Waals surface area (Å²) >= 11 is 4.44. The van der Waals surface area contributed by atoms with Gasteiger partial charge in [-0.05, 0) is 36.6 Å². The van der Waals surface area contributed by atoms with Gasteiger partial charge in [-0.3, -0.25) is 4.79 Å². The zero-order valence-electron chi connectivity index (χ0n) is 10.1. The van der Waals surface area contributed by atoms with E-state index in [1.54, 1.807) is 6.92 Å². The van der Waals surface area contributed by atoms with E-state index in [2.05, 4.69) is 43.0 Å². The van der Waals surface area contributed by atoms with Crippen molar-refractivity contribution in [3.8, 4) is 0 Å². The SMILES string of the molecule is CC(=O)C(C)(S)Cc1ccc2ccccc2c1. The van der Waals surface area contributed by atoms with Gasteiger partial charge < -0.3 is 0 Å². The van der Waals surface area contributed by atoms with Gasteiger partial charge in [-0.25, -0.2) is 0 Å². The minimum atomic E-state index is -0.581. The summed E-state index contributed by atoms with van der Waals surface area (Å²) in [6.07, 6.45) is 0.663. The Morgan fingerprint density at radius 3 is 2.47 bits per heavy atom. The fraction of sp³-hybridized carbons (Fsp3) is 0.267. The van der Waals surface area contributed by atoms with E-state index in [-0.39, 0.29) is 5.78 Å². The van der Waals surface area contributed by atoms with E-state index in [9.17, 15) is 4.79 Å². The first kappa shape index (κ1) is 12.2. The molecule has 0 aliphatic heterocycles. The number of carbonyl (C=O) groups excluding carboxylic acids is 1. The molecule has 1 nitrogen and oxygen atoms in total. The molecule has 17 heavy (non-hydrogen) atoms. The molecule has 88 valence electrons. The number of hydrogen-bond donors (Lipinski definition) is 1. The van der Waals surface area contributed by atoms with Gasteiger partial charge in [0.05, 0.1) is 4.75 Å². The maximum Gasteiger partial charge on any atom is 0.145 e. The molecule has 2 aromatic rings. The first-order valence-electron chi connectivity index (χ1n) is 5.70. The summed E-state index contributed by atoms with van der Waals surface area (Å²) in [5, 5.41) is 2.43. The molecule has 0 fully saturated rings. The zero-order chi connectivity index (χ0) is 12.5. The Labute approximate surface area is 107 Å². The Bertz CT molecular complexity index is 558. The molecular weight excluding hydrogens is 228 g/mol. The van der Waals surface area contributed by atoms with Crippen molar-refractivity contribution in [1.29, 1.82) is 0 Å². The summed E-state index contributed by atoms with van der Waals surface area (Å²) in [6, 6.07) is 14.5. The van der Waals surface area contributed by atoms with Crippen molar-refractivity contribution in [3.05, 3.63) is 48.0 Å². The molecule has 0 radical (unpaired) electrons. The van der Waals surface area contributed by atoms with Crippen LogP contribution in [-0.4, -0.2) is 10.5 Å². The Hall–Kier alpha value is -1.28. The first-order chi connectivity index (χ1) is 7.99. The lowest BCUT2D eigenvalue weighted by Crippen LogP contribution is -2.29. The van der Waals surface area contributed by atoms with E-state index in [0.717, 1.165) is 5.56 Å². The monoisotopic (exact) mass is 244 g/mol. The molecule has 2 rings (SSSR count). The van der Waals surface area contributed by atoms with Crippen molar-refractivity contribution in [2.45, 2.75) is 25.0 Å². The quantitative estimate of drug-likeness (QED) is 0.815. The van der Waals surface area contributed by atoms with Crippen LogP contribution >= 0.6 is 12.6 Å². The summed E-state index contributed by atoms with van der Waals surface area (Å²) in [6.45, 7) is 3.46. The van der Waals surface area contributed by atoms with Crippen LogP contribution in [0.25, 0.3) is 10.8 Å². The van der Waals surface area contributed by atoms with Crippen LogP contribution in [0, 0.1) is 0 Å². The molecule has 0 spiro atoms. The largest absolute Gasteiger partial charge is 0.298 e. The molecule has 0 saturated heterocycles. The smallest absolute Gasteiger partial charge is 0.145 e. The molecule has 0 aliphatic carbocycles. The summed E-state index contributed by atoms with van der Waals surface area (Å²) in [5.41, 5.74) is 1.15. The predicted molar refractivity (Wildman–Crippen MR) is 75.7 cm³/mol. The number of rotatable bonds is 3. The molecule has 1 atom stereocenters. The number of hydrogen-bond acceptors (Lipinski definition) is 2. The minimum absolute atomic E-state index is 0.106. The van der Waals surface area contributed by atoms with E-state index < -0.39 is 4.75 Å².